The number of likely N-dealkylation sites (tertiary alicyclic amines) is 1. The van der Waals surface area contributed by atoms with Gasteiger partial charge in [-0.05, 0) is 52.1 Å². The van der Waals surface area contributed by atoms with Crippen LogP contribution in [0.3, 0.4) is 0 Å². The number of hydrogen-bond donors (Lipinski definition) is 1. The number of anilines is 1. The third kappa shape index (κ3) is 3.57. The Bertz CT molecular complexity index is 1600. The highest BCUT2D eigenvalue weighted by Gasteiger charge is 2.73. The van der Waals surface area contributed by atoms with Crippen LogP contribution in [-0.2, 0) is 30.6 Å². The molecule has 4 aromatic rings. The topological polar surface area (TPSA) is 66.5 Å². The lowest BCUT2D eigenvalue weighted by atomic mass is 9.54. The van der Waals surface area contributed by atoms with Crippen LogP contribution < -0.4 is 5.32 Å². The minimum absolute atomic E-state index is 0.0786. The third-order valence-electron chi connectivity index (χ3n) is 8.62. The van der Waals surface area contributed by atoms with Gasteiger partial charge in [-0.3, -0.25) is 19.3 Å². The lowest BCUT2D eigenvalue weighted by Crippen LogP contribution is -2.57. The van der Waals surface area contributed by atoms with E-state index in [9.17, 15) is 18.8 Å². The van der Waals surface area contributed by atoms with E-state index in [0.717, 1.165) is 10.5 Å². The van der Waals surface area contributed by atoms with Crippen LogP contribution in [-0.4, -0.2) is 28.7 Å². The predicted octanol–water partition coefficient (Wildman–Crippen LogP) is 5.97. The fraction of sp³-hybridized carbons (Fsp3) is 0.182. The van der Waals surface area contributed by atoms with Crippen molar-refractivity contribution in [3.8, 4) is 0 Å². The second kappa shape index (κ2) is 9.26. The molecule has 3 atom stereocenters. The summed E-state index contributed by atoms with van der Waals surface area (Å²) in [6.45, 7) is 0. The maximum absolute atomic E-state index is 14.5. The number of halogens is 3. The third-order valence-corrected chi connectivity index (χ3v) is 9.90. The minimum Gasteiger partial charge on any atom is -0.324 e. The number of nitrogens with one attached hydrogen (secondary N) is 1. The average Bonchev–Trinajstić information content (AvgIpc) is 3.27. The van der Waals surface area contributed by atoms with Gasteiger partial charge in [-0.15, -0.1) is 23.2 Å². The first kappa shape index (κ1) is 25.9. The molecule has 0 radical (unpaired) electrons. The Hall–Kier alpha value is -4.00. The molecule has 3 amide bonds. The zero-order valence-electron chi connectivity index (χ0n) is 21.6. The average molecular weight is 585 g/mol. The number of nitrogens with zero attached hydrogens (tertiary/aromatic N) is 1. The molecule has 0 unspecified atom stereocenters. The van der Waals surface area contributed by atoms with E-state index in [4.69, 9.17) is 23.2 Å². The van der Waals surface area contributed by atoms with Crippen LogP contribution in [0.25, 0.3) is 0 Å². The molecule has 41 heavy (non-hydrogen) atoms. The first-order valence-corrected chi connectivity index (χ1v) is 14.1. The van der Waals surface area contributed by atoms with E-state index in [-0.39, 0.29) is 6.42 Å². The van der Waals surface area contributed by atoms with E-state index in [1.807, 2.05) is 78.9 Å². The number of rotatable bonds is 5. The molecule has 8 rings (SSSR count). The first-order chi connectivity index (χ1) is 19.8. The van der Waals surface area contributed by atoms with Crippen molar-refractivity contribution in [1.29, 1.82) is 0 Å². The number of alkyl halides is 2. The van der Waals surface area contributed by atoms with Gasteiger partial charge in [0, 0.05) is 12.1 Å². The zero-order valence-corrected chi connectivity index (χ0v) is 23.1. The van der Waals surface area contributed by atoms with Gasteiger partial charge in [0.1, 0.15) is 21.6 Å². The molecule has 1 N–H and O–H groups in total. The summed E-state index contributed by atoms with van der Waals surface area (Å²) >= 11 is 15.1. The van der Waals surface area contributed by atoms with Crippen LogP contribution in [0, 0.1) is 17.7 Å². The van der Waals surface area contributed by atoms with E-state index in [1.165, 1.54) is 24.3 Å². The quantitative estimate of drug-likeness (QED) is 0.232. The van der Waals surface area contributed by atoms with Crippen LogP contribution in [0.15, 0.2) is 103 Å². The Labute approximate surface area is 245 Å². The normalized spacial score (nSPS) is 26.3. The summed E-state index contributed by atoms with van der Waals surface area (Å²) in [7, 11) is 0. The number of amides is 3. The number of carbonyl (C=O) groups excluding carboxylic acids is 3. The predicted molar refractivity (Wildman–Crippen MR) is 154 cm³/mol. The lowest BCUT2D eigenvalue weighted by Gasteiger charge is -2.54. The summed E-state index contributed by atoms with van der Waals surface area (Å²) in [5.41, 5.74) is 3.86. The number of carbonyl (C=O) groups is 3. The van der Waals surface area contributed by atoms with Crippen molar-refractivity contribution in [3.63, 3.8) is 0 Å². The van der Waals surface area contributed by atoms with Gasteiger partial charge in [0.25, 0.3) is 0 Å². The van der Waals surface area contributed by atoms with Crippen LogP contribution in [0.2, 0.25) is 0 Å². The van der Waals surface area contributed by atoms with Crippen molar-refractivity contribution < 1.29 is 18.8 Å². The molecule has 1 aliphatic heterocycles. The van der Waals surface area contributed by atoms with Gasteiger partial charge in [0.05, 0.1) is 11.8 Å². The van der Waals surface area contributed by atoms with Crippen LogP contribution in [0.4, 0.5) is 10.1 Å². The lowest BCUT2D eigenvalue weighted by molar-refractivity contribution is -0.146. The largest absolute Gasteiger partial charge is 0.324 e. The fourth-order valence-corrected chi connectivity index (χ4v) is 7.99. The van der Waals surface area contributed by atoms with E-state index >= 15 is 0 Å². The zero-order chi connectivity index (χ0) is 28.5. The number of imide groups is 1. The standard InChI is InChI=1S/C33H23Cl2FN2O3/c34-32-22-10-4-5-11-23(22)33(35,25-13-7-6-12-24(25)32)28-27(32)30(40)38(31(28)41)26(18-19-8-2-1-3-9-19)29(39)37-21-16-14-20(36)15-17-21/h1-17,26-28H,18H2,(H,37,39)/t26-,27-,28+,32?,33?/m1/s1. The van der Waals surface area contributed by atoms with Crippen molar-refractivity contribution in [2.45, 2.75) is 22.2 Å². The van der Waals surface area contributed by atoms with Crippen molar-refractivity contribution in [2.75, 3.05) is 5.32 Å². The Morgan fingerprint density at radius 3 is 1.63 bits per heavy atom. The molecule has 204 valence electrons. The molecule has 0 saturated carbocycles. The monoisotopic (exact) mass is 584 g/mol. The molecule has 1 heterocycles. The second-order valence-electron chi connectivity index (χ2n) is 10.7. The van der Waals surface area contributed by atoms with Gasteiger partial charge in [-0.2, -0.15) is 0 Å². The molecule has 8 heteroatoms. The van der Waals surface area contributed by atoms with Crippen LogP contribution >= 0.6 is 23.2 Å². The van der Waals surface area contributed by atoms with Gasteiger partial charge in [-0.1, -0.05) is 78.9 Å². The van der Waals surface area contributed by atoms with Crippen molar-refractivity contribution in [2.24, 2.45) is 11.8 Å². The van der Waals surface area contributed by atoms with E-state index in [0.29, 0.717) is 27.9 Å². The van der Waals surface area contributed by atoms with Crippen LogP contribution in [0.1, 0.15) is 27.8 Å². The van der Waals surface area contributed by atoms with Crippen molar-refractivity contribution >= 4 is 46.6 Å². The Morgan fingerprint density at radius 2 is 1.17 bits per heavy atom. The number of hydrogen-bond acceptors (Lipinski definition) is 3. The molecular formula is C33H23Cl2FN2O3. The molecule has 1 fully saturated rings. The van der Waals surface area contributed by atoms with Gasteiger partial charge in [-0.25, -0.2) is 4.39 Å². The van der Waals surface area contributed by atoms with E-state index in [2.05, 4.69) is 5.32 Å². The summed E-state index contributed by atoms with van der Waals surface area (Å²) in [6, 6.07) is 28.1. The van der Waals surface area contributed by atoms with Crippen molar-refractivity contribution in [1.82, 2.24) is 4.90 Å². The molecule has 5 nitrogen and oxygen atoms in total. The molecule has 2 bridgehead atoms. The van der Waals surface area contributed by atoms with Crippen molar-refractivity contribution in [3.05, 3.63) is 137 Å². The maximum atomic E-state index is 14.5. The molecule has 4 aliphatic rings. The molecule has 0 spiro atoms. The number of benzene rings is 4. The van der Waals surface area contributed by atoms with Gasteiger partial charge >= 0.3 is 0 Å². The molecule has 0 aromatic heterocycles. The SMILES string of the molecule is O=C(Nc1ccc(F)cc1)[C@@H](Cc1ccccc1)N1C(=O)[C@@H]2[C@H](C1=O)C1(Cl)c3ccccc3C2(Cl)c2ccccc21. The van der Waals surface area contributed by atoms with E-state index in [1.54, 1.807) is 0 Å². The highest BCUT2D eigenvalue weighted by Crippen LogP contribution is 2.69. The first-order valence-electron chi connectivity index (χ1n) is 13.3. The Morgan fingerprint density at radius 1 is 0.732 bits per heavy atom. The summed E-state index contributed by atoms with van der Waals surface area (Å²) < 4.78 is 13.5. The molecular weight excluding hydrogens is 562 g/mol. The highest BCUT2D eigenvalue weighted by molar-refractivity contribution is 6.36. The maximum Gasteiger partial charge on any atom is 0.248 e. The Kier molecular flexibility index (Phi) is 5.86. The van der Waals surface area contributed by atoms with Gasteiger partial charge < -0.3 is 5.32 Å². The fourth-order valence-electron chi connectivity index (χ4n) is 6.89. The summed E-state index contributed by atoms with van der Waals surface area (Å²) in [4.78, 5) is 41.2. The molecule has 4 aromatic carbocycles. The van der Waals surface area contributed by atoms with Gasteiger partial charge in [0.15, 0.2) is 0 Å². The van der Waals surface area contributed by atoms with E-state index < -0.39 is 51.2 Å². The van der Waals surface area contributed by atoms with Crippen LogP contribution in [0.5, 0.6) is 0 Å². The smallest absolute Gasteiger partial charge is 0.248 e. The second-order valence-corrected chi connectivity index (χ2v) is 11.9. The summed E-state index contributed by atoms with van der Waals surface area (Å²) in [5.74, 6) is -4.15. The summed E-state index contributed by atoms with van der Waals surface area (Å²) in [6.07, 6.45) is 0.0786. The molecule has 3 aliphatic carbocycles. The summed E-state index contributed by atoms with van der Waals surface area (Å²) in [5, 5.41) is 2.76. The Balaban J connectivity index is 1.36. The van der Waals surface area contributed by atoms with Gasteiger partial charge in [0.2, 0.25) is 17.7 Å². The minimum atomic E-state index is -1.35. The highest BCUT2D eigenvalue weighted by atomic mass is 35.5. The molecule has 1 saturated heterocycles.